The van der Waals surface area contributed by atoms with E-state index in [-0.39, 0.29) is 11.9 Å². The SMILES string of the molecule is Cc1ccc(-c2nnc(NC(=O)c3cc(-c4cccs4)nc4ccccc34)o2)c(C)c1. The van der Waals surface area contributed by atoms with Gasteiger partial charge in [0.25, 0.3) is 5.91 Å². The number of rotatable bonds is 4. The van der Waals surface area contributed by atoms with Gasteiger partial charge in [0.15, 0.2) is 0 Å². The number of carbonyl (C=O) groups is 1. The number of aromatic nitrogens is 3. The molecule has 0 atom stereocenters. The molecule has 152 valence electrons. The monoisotopic (exact) mass is 426 g/mol. The predicted octanol–water partition coefficient (Wildman–Crippen LogP) is 5.88. The maximum Gasteiger partial charge on any atom is 0.322 e. The van der Waals surface area contributed by atoms with E-state index in [4.69, 9.17) is 9.40 Å². The molecule has 3 heterocycles. The van der Waals surface area contributed by atoms with E-state index in [1.54, 1.807) is 17.4 Å². The third-order valence-corrected chi connectivity index (χ3v) is 5.88. The molecule has 0 saturated heterocycles. The maximum atomic E-state index is 13.1. The van der Waals surface area contributed by atoms with Gasteiger partial charge in [-0.15, -0.1) is 16.4 Å². The Morgan fingerprint density at radius 2 is 1.87 bits per heavy atom. The minimum absolute atomic E-state index is 0.0542. The molecular formula is C24H18N4O2S. The van der Waals surface area contributed by atoms with Gasteiger partial charge >= 0.3 is 6.01 Å². The van der Waals surface area contributed by atoms with Gasteiger partial charge in [0, 0.05) is 10.9 Å². The number of carbonyl (C=O) groups excluding carboxylic acids is 1. The van der Waals surface area contributed by atoms with Gasteiger partial charge in [-0.05, 0) is 49.1 Å². The molecule has 3 aromatic heterocycles. The summed E-state index contributed by atoms with van der Waals surface area (Å²) in [5, 5.41) is 13.6. The third kappa shape index (κ3) is 3.71. The summed E-state index contributed by atoms with van der Waals surface area (Å²) in [6, 6.07) is 19.3. The van der Waals surface area contributed by atoms with Crippen molar-refractivity contribution in [3.05, 3.63) is 82.7 Å². The van der Waals surface area contributed by atoms with Crippen molar-refractivity contribution in [1.29, 1.82) is 0 Å². The molecule has 0 bridgehead atoms. The lowest BCUT2D eigenvalue weighted by Crippen LogP contribution is -2.13. The highest BCUT2D eigenvalue weighted by Crippen LogP contribution is 2.29. The van der Waals surface area contributed by atoms with Crippen molar-refractivity contribution in [2.45, 2.75) is 13.8 Å². The molecule has 2 aromatic carbocycles. The first-order chi connectivity index (χ1) is 15.1. The van der Waals surface area contributed by atoms with Gasteiger partial charge in [-0.3, -0.25) is 10.1 Å². The van der Waals surface area contributed by atoms with Crippen molar-refractivity contribution < 1.29 is 9.21 Å². The quantitative estimate of drug-likeness (QED) is 0.388. The van der Waals surface area contributed by atoms with Crippen LogP contribution in [0, 0.1) is 13.8 Å². The number of thiophene rings is 1. The van der Waals surface area contributed by atoms with Crippen LogP contribution in [-0.2, 0) is 0 Å². The fourth-order valence-corrected chi connectivity index (χ4v) is 4.20. The predicted molar refractivity (Wildman–Crippen MR) is 122 cm³/mol. The van der Waals surface area contributed by atoms with E-state index in [0.717, 1.165) is 38.2 Å². The number of para-hydroxylation sites is 1. The number of anilines is 1. The Labute approximate surface area is 182 Å². The fourth-order valence-electron chi connectivity index (χ4n) is 3.51. The van der Waals surface area contributed by atoms with Crippen LogP contribution in [0.3, 0.4) is 0 Å². The number of benzene rings is 2. The molecule has 5 rings (SSSR count). The number of fused-ring (bicyclic) bond motifs is 1. The summed E-state index contributed by atoms with van der Waals surface area (Å²) in [6.45, 7) is 4.01. The molecule has 0 unspecified atom stereocenters. The van der Waals surface area contributed by atoms with Gasteiger partial charge in [0.05, 0.1) is 21.7 Å². The summed E-state index contributed by atoms with van der Waals surface area (Å²) in [7, 11) is 0. The Balaban J connectivity index is 1.49. The minimum Gasteiger partial charge on any atom is -0.403 e. The first-order valence-corrected chi connectivity index (χ1v) is 10.6. The smallest absolute Gasteiger partial charge is 0.322 e. The molecule has 0 aliphatic heterocycles. The number of hydrogen-bond acceptors (Lipinski definition) is 6. The molecule has 0 saturated carbocycles. The van der Waals surface area contributed by atoms with Crippen molar-refractivity contribution in [1.82, 2.24) is 15.2 Å². The normalized spacial score (nSPS) is 11.0. The zero-order valence-electron chi connectivity index (χ0n) is 16.9. The van der Waals surface area contributed by atoms with Crippen molar-refractivity contribution >= 4 is 34.2 Å². The summed E-state index contributed by atoms with van der Waals surface area (Å²) in [4.78, 5) is 18.8. The third-order valence-electron chi connectivity index (χ3n) is 4.99. The first kappa shape index (κ1) is 19.1. The van der Waals surface area contributed by atoms with Crippen LogP contribution in [0.2, 0.25) is 0 Å². The van der Waals surface area contributed by atoms with Crippen LogP contribution < -0.4 is 5.32 Å². The van der Waals surface area contributed by atoms with Crippen molar-refractivity contribution in [2.24, 2.45) is 0 Å². The van der Waals surface area contributed by atoms with Crippen LogP contribution in [0.1, 0.15) is 21.5 Å². The van der Waals surface area contributed by atoms with E-state index >= 15 is 0 Å². The number of pyridine rings is 1. The van der Waals surface area contributed by atoms with Crippen molar-refractivity contribution in [2.75, 3.05) is 5.32 Å². The van der Waals surface area contributed by atoms with E-state index in [2.05, 4.69) is 15.5 Å². The second kappa shape index (κ2) is 7.77. The second-order valence-electron chi connectivity index (χ2n) is 7.23. The molecule has 0 spiro atoms. The number of nitrogens with one attached hydrogen (secondary N) is 1. The van der Waals surface area contributed by atoms with E-state index in [1.807, 2.05) is 73.8 Å². The van der Waals surface area contributed by atoms with Gasteiger partial charge in [0.1, 0.15) is 0 Å². The highest BCUT2D eigenvalue weighted by Gasteiger charge is 2.18. The summed E-state index contributed by atoms with van der Waals surface area (Å²) >= 11 is 1.58. The van der Waals surface area contributed by atoms with Gasteiger partial charge in [-0.1, -0.05) is 47.1 Å². The Bertz CT molecular complexity index is 1410. The zero-order chi connectivity index (χ0) is 21.4. The molecule has 31 heavy (non-hydrogen) atoms. The van der Waals surface area contributed by atoms with Crippen LogP contribution in [0.25, 0.3) is 32.9 Å². The Morgan fingerprint density at radius 1 is 1.00 bits per heavy atom. The standard InChI is InChI=1S/C24H18N4O2S/c1-14-9-10-16(15(2)12-14)23-27-28-24(30-23)26-22(29)18-13-20(21-8-5-11-31-21)25-19-7-4-3-6-17(18)19/h3-13H,1-2H3,(H,26,28,29). The number of hydrogen-bond donors (Lipinski definition) is 1. The molecule has 0 radical (unpaired) electrons. The Hall–Kier alpha value is -3.84. The number of aryl methyl sites for hydroxylation is 2. The lowest BCUT2D eigenvalue weighted by molar-refractivity contribution is 0.102. The number of nitrogens with zero attached hydrogens (tertiary/aromatic N) is 3. The van der Waals surface area contributed by atoms with E-state index in [1.165, 1.54) is 0 Å². The molecule has 7 heteroatoms. The fraction of sp³-hybridized carbons (Fsp3) is 0.0833. The molecular weight excluding hydrogens is 408 g/mol. The molecule has 6 nitrogen and oxygen atoms in total. The summed E-state index contributed by atoms with van der Waals surface area (Å²) in [6.07, 6.45) is 0. The highest BCUT2D eigenvalue weighted by atomic mass is 32.1. The minimum atomic E-state index is -0.327. The molecule has 0 fully saturated rings. The maximum absolute atomic E-state index is 13.1. The van der Waals surface area contributed by atoms with Crippen LogP contribution in [-0.4, -0.2) is 21.1 Å². The van der Waals surface area contributed by atoms with Crippen molar-refractivity contribution in [3.8, 4) is 22.0 Å². The molecule has 0 aliphatic carbocycles. The van der Waals surface area contributed by atoms with Crippen LogP contribution in [0.5, 0.6) is 0 Å². The summed E-state index contributed by atoms with van der Waals surface area (Å²) < 4.78 is 5.73. The Morgan fingerprint density at radius 3 is 2.68 bits per heavy atom. The average Bonchev–Trinajstić information content (AvgIpc) is 3.45. The van der Waals surface area contributed by atoms with Gasteiger partial charge in [-0.25, -0.2) is 4.98 Å². The first-order valence-electron chi connectivity index (χ1n) is 9.74. The highest BCUT2D eigenvalue weighted by molar-refractivity contribution is 7.13. The summed E-state index contributed by atoms with van der Waals surface area (Å²) in [5.41, 5.74) is 5.02. The molecule has 5 aromatic rings. The molecule has 0 aliphatic rings. The van der Waals surface area contributed by atoms with E-state index in [9.17, 15) is 4.79 Å². The van der Waals surface area contributed by atoms with Crippen LogP contribution in [0.4, 0.5) is 6.01 Å². The van der Waals surface area contributed by atoms with E-state index in [0.29, 0.717) is 11.5 Å². The lowest BCUT2D eigenvalue weighted by atomic mass is 10.1. The topological polar surface area (TPSA) is 80.9 Å². The lowest BCUT2D eigenvalue weighted by Gasteiger charge is -2.08. The molecule has 1 amide bonds. The summed E-state index contributed by atoms with van der Waals surface area (Å²) in [5.74, 6) is 0.0406. The zero-order valence-corrected chi connectivity index (χ0v) is 17.7. The Kier molecular flexibility index (Phi) is 4.80. The van der Waals surface area contributed by atoms with Crippen LogP contribution in [0.15, 0.2) is 70.5 Å². The van der Waals surface area contributed by atoms with E-state index < -0.39 is 0 Å². The molecule has 1 N–H and O–H groups in total. The van der Waals surface area contributed by atoms with Gasteiger partial charge in [0.2, 0.25) is 5.89 Å². The van der Waals surface area contributed by atoms with Gasteiger partial charge < -0.3 is 4.42 Å². The average molecular weight is 427 g/mol. The second-order valence-corrected chi connectivity index (χ2v) is 8.18. The number of amides is 1. The largest absolute Gasteiger partial charge is 0.403 e. The van der Waals surface area contributed by atoms with Gasteiger partial charge in [-0.2, -0.15) is 0 Å². The van der Waals surface area contributed by atoms with Crippen LogP contribution >= 0.6 is 11.3 Å². The van der Waals surface area contributed by atoms with Crippen molar-refractivity contribution in [3.63, 3.8) is 0 Å².